The van der Waals surface area contributed by atoms with E-state index in [1.165, 1.54) is 5.56 Å². The van der Waals surface area contributed by atoms with Gasteiger partial charge in [0.1, 0.15) is 0 Å². The van der Waals surface area contributed by atoms with E-state index >= 15 is 0 Å². The Morgan fingerprint density at radius 2 is 2.12 bits per heavy atom. The van der Waals surface area contributed by atoms with E-state index in [4.69, 9.17) is 16.3 Å². The van der Waals surface area contributed by atoms with Gasteiger partial charge in [0, 0.05) is 24.2 Å². The van der Waals surface area contributed by atoms with Crippen LogP contribution >= 0.6 is 11.6 Å². The van der Waals surface area contributed by atoms with E-state index in [1.807, 2.05) is 12.1 Å². The molecule has 1 aliphatic rings. The summed E-state index contributed by atoms with van der Waals surface area (Å²) in [6, 6.07) is 8.16. The van der Waals surface area contributed by atoms with E-state index in [0.717, 1.165) is 24.6 Å². The second-order valence-electron chi connectivity index (χ2n) is 4.83. The Hall–Kier alpha value is -0.570. The quantitative estimate of drug-likeness (QED) is 0.876. The Labute approximate surface area is 102 Å². The molecule has 0 bridgehead atoms. The molecule has 1 heterocycles. The molecule has 1 saturated heterocycles. The van der Waals surface area contributed by atoms with Crippen molar-refractivity contribution in [1.82, 2.24) is 5.32 Å². The molecule has 0 aliphatic carbocycles. The number of halogens is 1. The molecule has 88 valence electrons. The zero-order valence-electron chi connectivity index (χ0n) is 9.79. The van der Waals surface area contributed by atoms with Gasteiger partial charge < -0.3 is 10.1 Å². The molecule has 2 nitrogen and oxygen atoms in total. The van der Waals surface area contributed by atoms with Gasteiger partial charge in [-0.3, -0.25) is 0 Å². The summed E-state index contributed by atoms with van der Waals surface area (Å²) in [5, 5.41) is 4.34. The zero-order valence-corrected chi connectivity index (χ0v) is 10.6. The molecule has 1 aromatic rings. The summed E-state index contributed by atoms with van der Waals surface area (Å²) in [4.78, 5) is 0. The Bertz CT molecular complexity index is 351. The molecule has 2 rings (SSSR count). The van der Waals surface area contributed by atoms with Gasteiger partial charge in [-0.25, -0.2) is 0 Å². The summed E-state index contributed by atoms with van der Waals surface area (Å²) < 4.78 is 5.25. The molecule has 1 aliphatic heterocycles. The van der Waals surface area contributed by atoms with Crippen LogP contribution in [0.3, 0.4) is 0 Å². The highest BCUT2D eigenvalue weighted by atomic mass is 35.5. The molecule has 0 amide bonds. The first-order valence-electron chi connectivity index (χ1n) is 5.62. The lowest BCUT2D eigenvalue weighted by atomic mass is 9.91. The van der Waals surface area contributed by atoms with Crippen molar-refractivity contribution in [3.63, 3.8) is 0 Å². The van der Waals surface area contributed by atoms with Crippen LogP contribution in [0.4, 0.5) is 0 Å². The van der Waals surface area contributed by atoms with E-state index in [1.54, 1.807) is 7.11 Å². The highest BCUT2D eigenvalue weighted by Crippen LogP contribution is 2.32. The maximum Gasteiger partial charge on any atom is 0.0642 e. The van der Waals surface area contributed by atoms with Crippen molar-refractivity contribution in [2.24, 2.45) is 0 Å². The second kappa shape index (κ2) is 4.74. The fraction of sp³-hybridized carbons (Fsp3) is 0.538. The molecule has 2 atom stereocenters. The average molecular weight is 240 g/mol. The average Bonchev–Trinajstić information content (AvgIpc) is 2.62. The normalized spacial score (nSPS) is 29.6. The Kier molecular flexibility index (Phi) is 3.53. The molecular weight excluding hydrogens is 222 g/mol. The van der Waals surface area contributed by atoms with Gasteiger partial charge >= 0.3 is 0 Å². The number of hydrogen-bond acceptors (Lipinski definition) is 2. The van der Waals surface area contributed by atoms with E-state index in [0.29, 0.717) is 5.92 Å². The summed E-state index contributed by atoms with van der Waals surface area (Å²) >= 11 is 5.89. The zero-order chi connectivity index (χ0) is 11.6. The van der Waals surface area contributed by atoms with Crippen molar-refractivity contribution in [2.45, 2.75) is 24.8 Å². The van der Waals surface area contributed by atoms with Gasteiger partial charge in [-0.1, -0.05) is 23.7 Å². The van der Waals surface area contributed by atoms with Gasteiger partial charge in [-0.05, 0) is 37.0 Å². The van der Waals surface area contributed by atoms with Gasteiger partial charge in [0.25, 0.3) is 0 Å². The Balaban J connectivity index is 2.06. The molecule has 0 aromatic heterocycles. The molecule has 2 unspecified atom stereocenters. The fourth-order valence-electron chi connectivity index (χ4n) is 2.46. The predicted molar refractivity (Wildman–Crippen MR) is 67.1 cm³/mol. The first kappa shape index (κ1) is 11.9. The first-order valence-corrected chi connectivity index (χ1v) is 6.00. The summed E-state index contributed by atoms with van der Waals surface area (Å²) in [5.41, 5.74) is 1.47. The van der Waals surface area contributed by atoms with Crippen LogP contribution in [0.1, 0.15) is 24.8 Å². The van der Waals surface area contributed by atoms with Gasteiger partial charge in [0.15, 0.2) is 0 Å². The minimum atomic E-state index is 0.110. The second-order valence-corrected chi connectivity index (χ2v) is 5.26. The highest BCUT2D eigenvalue weighted by molar-refractivity contribution is 6.30. The van der Waals surface area contributed by atoms with E-state index < -0.39 is 0 Å². The molecule has 16 heavy (non-hydrogen) atoms. The highest BCUT2D eigenvalue weighted by Gasteiger charge is 2.35. The predicted octanol–water partition coefficient (Wildman–Crippen LogP) is 2.82. The van der Waals surface area contributed by atoms with Crippen molar-refractivity contribution < 1.29 is 4.74 Å². The standard InChI is InChI=1S/C13H18ClNO/c1-13(9-16-2)7-11(8-15-13)10-3-5-12(14)6-4-10/h3-6,11,15H,7-9H2,1-2H3. The molecule has 0 spiro atoms. The SMILES string of the molecule is COCC1(C)CC(c2ccc(Cl)cc2)CN1. The minimum absolute atomic E-state index is 0.110. The largest absolute Gasteiger partial charge is 0.383 e. The van der Waals surface area contributed by atoms with Crippen LogP contribution in [0.25, 0.3) is 0 Å². The lowest BCUT2D eigenvalue weighted by molar-refractivity contribution is 0.129. The lowest BCUT2D eigenvalue weighted by Crippen LogP contribution is -2.40. The maximum absolute atomic E-state index is 5.89. The smallest absolute Gasteiger partial charge is 0.0642 e. The third kappa shape index (κ3) is 2.57. The summed E-state index contributed by atoms with van der Waals surface area (Å²) in [6.07, 6.45) is 1.11. The summed E-state index contributed by atoms with van der Waals surface area (Å²) in [5.74, 6) is 0.567. The molecule has 1 N–H and O–H groups in total. The number of nitrogens with one attached hydrogen (secondary N) is 1. The van der Waals surface area contributed by atoms with Crippen LogP contribution < -0.4 is 5.32 Å². The fourth-order valence-corrected chi connectivity index (χ4v) is 2.58. The number of hydrogen-bond donors (Lipinski definition) is 1. The first-order chi connectivity index (χ1) is 7.63. The van der Waals surface area contributed by atoms with Crippen molar-refractivity contribution in [1.29, 1.82) is 0 Å². The van der Waals surface area contributed by atoms with E-state index in [2.05, 4.69) is 24.4 Å². The number of ether oxygens (including phenoxy) is 1. The van der Waals surface area contributed by atoms with Crippen LogP contribution in [-0.4, -0.2) is 25.8 Å². The molecule has 1 aromatic carbocycles. The van der Waals surface area contributed by atoms with Crippen LogP contribution in [0.15, 0.2) is 24.3 Å². The molecule has 1 fully saturated rings. The van der Waals surface area contributed by atoms with Crippen LogP contribution in [-0.2, 0) is 4.74 Å². The Morgan fingerprint density at radius 3 is 2.75 bits per heavy atom. The monoisotopic (exact) mass is 239 g/mol. The van der Waals surface area contributed by atoms with E-state index in [-0.39, 0.29) is 5.54 Å². The van der Waals surface area contributed by atoms with Crippen molar-refractivity contribution in [3.8, 4) is 0 Å². The third-order valence-corrected chi connectivity index (χ3v) is 3.53. The van der Waals surface area contributed by atoms with Crippen molar-refractivity contribution >= 4 is 11.6 Å². The van der Waals surface area contributed by atoms with Crippen LogP contribution in [0.2, 0.25) is 5.02 Å². The third-order valence-electron chi connectivity index (χ3n) is 3.28. The van der Waals surface area contributed by atoms with Gasteiger partial charge in [-0.15, -0.1) is 0 Å². The Morgan fingerprint density at radius 1 is 1.44 bits per heavy atom. The molecule has 0 saturated carbocycles. The van der Waals surface area contributed by atoms with E-state index in [9.17, 15) is 0 Å². The number of methoxy groups -OCH3 is 1. The van der Waals surface area contributed by atoms with Crippen molar-refractivity contribution in [2.75, 3.05) is 20.3 Å². The summed E-state index contributed by atoms with van der Waals surface area (Å²) in [6.45, 7) is 3.99. The van der Waals surface area contributed by atoms with Crippen LogP contribution in [0, 0.1) is 0 Å². The van der Waals surface area contributed by atoms with Gasteiger partial charge in [-0.2, -0.15) is 0 Å². The molecule has 3 heteroatoms. The van der Waals surface area contributed by atoms with Gasteiger partial charge in [0.05, 0.1) is 6.61 Å². The molecular formula is C13H18ClNO. The van der Waals surface area contributed by atoms with Crippen LogP contribution in [0.5, 0.6) is 0 Å². The lowest BCUT2D eigenvalue weighted by Gasteiger charge is -2.23. The molecule has 0 radical (unpaired) electrons. The van der Waals surface area contributed by atoms with Crippen molar-refractivity contribution in [3.05, 3.63) is 34.9 Å². The summed E-state index contributed by atoms with van der Waals surface area (Å²) in [7, 11) is 1.75. The minimum Gasteiger partial charge on any atom is -0.383 e. The number of rotatable bonds is 3. The maximum atomic E-state index is 5.89. The number of benzene rings is 1. The van der Waals surface area contributed by atoms with Gasteiger partial charge in [0.2, 0.25) is 0 Å². The topological polar surface area (TPSA) is 21.3 Å².